The molecule has 0 radical (unpaired) electrons. The van der Waals surface area contributed by atoms with Crippen LogP contribution < -0.4 is 0 Å². The summed E-state index contributed by atoms with van der Waals surface area (Å²) in [6.45, 7) is 5.68. The molecule has 2 aromatic carbocycles. The van der Waals surface area contributed by atoms with E-state index in [1.807, 2.05) is 0 Å². The normalized spacial score (nSPS) is 15.1. The molecule has 0 bridgehead atoms. The Balaban J connectivity index is 1.86. The summed E-state index contributed by atoms with van der Waals surface area (Å²) in [5, 5.41) is 0. The highest BCUT2D eigenvalue weighted by Gasteiger charge is 2.28. The van der Waals surface area contributed by atoms with E-state index >= 15 is 0 Å². The predicted molar refractivity (Wildman–Crippen MR) is 91.8 cm³/mol. The van der Waals surface area contributed by atoms with E-state index in [0.717, 1.165) is 10.9 Å². The molecule has 1 unspecified atom stereocenters. The van der Waals surface area contributed by atoms with Crippen molar-refractivity contribution in [1.29, 1.82) is 0 Å². The van der Waals surface area contributed by atoms with E-state index in [4.69, 9.17) is 4.74 Å². The summed E-state index contributed by atoms with van der Waals surface area (Å²) in [6.07, 6.45) is 0.782. The van der Waals surface area contributed by atoms with Crippen molar-refractivity contribution in [1.82, 2.24) is 0 Å². The van der Waals surface area contributed by atoms with Gasteiger partial charge in [-0.15, -0.1) is 0 Å². The fourth-order valence-corrected chi connectivity index (χ4v) is 3.34. The molecule has 1 aliphatic rings. The van der Waals surface area contributed by atoms with Crippen LogP contribution in [0.15, 0.2) is 59.1 Å². The Hall–Kier alpha value is -1.87. The number of benzene rings is 2. The van der Waals surface area contributed by atoms with Crippen LogP contribution in [0.3, 0.4) is 0 Å². The fraction of sp³-hybridized carbons (Fsp3) is 0.211. The maximum atomic E-state index is 11.5. The average molecular weight is 357 g/mol. The van der Waals surface area contributed by atoms with Crippen molar-refractivity contribution in [3.8, 4) is 11.1 Å². The van der Waals surface area contributed by atoms with Gasteiger partial charge in [-0.3, -0.25) is 0 Å². The Bertz CT molecular complexity index is 749. The van der Waals surface area contributed by atoms with E-state index in [0.29, 0.717) is 12.2 Å². The van der Waals surface area contributed by atoms with E-state index < -0.39 is 0 Å². The molecule has 0 amide bonds. The van der Waals surface area contributed by atoms with Crippen LogP contribution in [0.5, 0.6) is 0 Å². The van der Waals surface area contributed by atoms with E-state index in [-0.39, 0.29) is 11.9 Å². The minimum absolute atomic E-state index is 0.275. The summed E-state index contributed by atoms with van der Waals surface area (Å²) in [7, 11) is 0. The van der Waals surface area contributed by atoms with Gasteiger partial charge >= 0.3 is 5.97 Å². The number of esters is 1. The molecule has 3 rings (SSSR count). The molecule has 0 fully saturated rings. The predicted octanol–water partition coefficient (Wildman–Crippen LogP) is 5.07. The van der Waals surface area contributed by atoms with E-state index in [1.54, 1.807) is 6.92 Å². The molecule has 0 saturated heterocycles. The number of hydrogen-bond donors (Lipinski definition) is 0. The molecule has 1 atom stereocenters. The highest BCUT2D eigenvalue weighted by atomic mass is 79.9. The second-order valence-electron chi connectivity index (χ2n) is 5.58. The van der Waals surface area contributed by atoms with Crippen LogP contribution in [0.4, 0.5) is 0 Å². The third kappa shape index (κ3) is 2.73. The van der Waals surface area contributed by atoms with Gasteiger partial charge in [0.05, 0.1) is 6.61 Å². The molecule has 22 heavy (non-hydrogen) atoms. The Kier molecular flexibility index (Phi) is 4.16. The van der Waals surface area contributed by atoms with Gasteiger partial charge in [0, 0.05) is 16.0 Å². The van der Waals surface area contributed by atoms with E-state index in [1.165, 1.54) is 22.3 Å². The second kappa shape index (κ2) is 6.09. The van der Waals surface area contributed by atoms with Crippen molar-refractivity contribution in [2.24, 2.45) is 0 Å². The first-order chi connectivity index (χ1) is 10.6. The first-order valence-corrected chi connectivity index (χ1v) is 8.08. The minimum atomic E-state index is -0.317. The molecule has 3 heteroatoms. The van der Waals surface area contributed by atoms with Crippen molar-refractivity contribution in [3.63, 3.8) is 0 Å². The number of ether oxygens (including phenoxy) is 1. The summed E-state index contributed by atoms with van der Waals surface area (Å²) < 4.78 is 6.35. The monoisotopic (exact) mass is 356 g/mol. The molecule has 0 heterocycles. The zero-order valence-corrected chi connectivity index (χ0v) is 14.0. The fourth-order valence-electron chi connectivity index (χ4n) is 2.98. The van der Waals surface area contributed by atoms with Crippen molar-refractivity contribution < 1.29 is 9.53 Å². The topological polar surface area (TPSA) is 26.3 Å². The summed E-state index contributed by atoms with van der Waals surface area (Å²) in [4.78, 5) is 11.5. The lowest BCUT2D eigenvalue weighted by molar-refractivity contribution is -0.139. The molecule has 0 saturated carbocycles. The lowest BCUT2D eigenvalue weighted by Crippen LogP contribution is -2.09. The van der Waals surface area contributed by atoms with Crippen molar-refractivity contribution in [3.05, 3.63) is 70.2 Å². The smallest absolute Gasteiger partial charge is 0.333 e. The zero-order valence-electron chi connectivity index (χ0n) is 12.4. The van der Waals surface area contributed by atoms with Gasteiger partial charge in [-0.25, -0.2) is 4.79 Å². The van der Waals surface area contributed by atoms with Crippen molar-refractivity contribution in [2.75, 3.05) is 6.61 Å². The van der Waals surface area contributed by atoms with Crippen molar-refractivity contribution in [2.45, 2.75) is 19.3 Å². The SMILES string of the molecule is C=C(C)C(=O)OCCC1c2ccccc2-c2cc(Br)ccc21. The summed E-state index contributed by atoms with van der Waals surface area (Å²) in [5.41, 5.74) is 5.59. The van der Waals surface area contributed by atoms with Gasteiger partial charge in [0.1, 0.15) is 0 Å². The molecule has 2 nitrogen and oxygen atoms in total. The average Bonchev–Trinajstić information content (AvgIpc) is 2.81. The second-order valence-corrected chi connectivity index (χ2v) is 6.49. The number of halogens is 1. The van der Waals surface area contributed by atoms with Gasteiger partial charge in [-0.1, -0.05) is 52.8 Å². The van der Waals surface area contributed by atoms with Crippen LogP contribution in [0.1, 0.15) is 30.4 Å². The van der Waals surface area contributed by atoms with E-state index in [2.05, 4.69) is 65.0 Å². The number of hydrogen-bond acceptors (Lipinski definition) is 2. The molecular weight excluding hydrogens is 340 g/mol. The highest BCUT2D eigenvalue weighted by Crippen LogP contribution is 2.46. The lowest BCUT2D eigenvalue weighted by Gasteiger charge is -2.14. The largest absolute Gasteiger partial charge is 0.462 e. The van der Waals surface area contributed by atoms with Gasteiger partial charge in [-0.2, -0.15) is 0 Å². The minimum Gasteiger partial charge on any atom is -0.462 e. The first-order valence-electron chi connectivity index (χ1n) is 7.29. The van der Waals surface area contributed by atoms with Crippen LogP contribution in [0.2, 0.25) is 0 Å². The molecule has 0 N–H and O–H groups in total. The maximum absolute atomic E-state index is 11.5. The summed E-state index contributed by atoms with van der Waals surface area (Å²) >= 11 is 3.55. The lowest BCUT2D eigenvalue weighted by atomic mass is 9.94. The van der Waals surface area contributed by atoms with Gasteiger partial charge in [0.15, 0.2) is 0 Å². The maximum Gasteiger partial charge on any atom is 0.333 e. The third-order valence-corrected chi connectivity index (χ3v) is 4.50. The van der Waals surface area contributed by atoms with Crippen LogP contribution in [0.25, 0.3) is 11.1 Å². The quantitative estimate of drug-likeness (QED) is 0.564. The van der Waals surface area contributed by atoms with E-state index in [9.17, 15) is 4.79 Å². The number of carbonyl (C=O) groups is 1. The van der Waals surface area contributed by atoms with Crippen LogP contribution in [-0.4, -0.2) is 12.6 Å². The molecule has 0 spiro atoms. The summed E-state index contributed by atoms with van der Waals surface area (Å²) in [6, 6.07) is 14.8. The Morgan fingerprint density at radius 1 is 1.18 bits per heavy atom. The van der Waals surface area contributed by atoms with Gasteiger partial charge in [0.2, 0.25) is 0 Å². The Labute approximate surface area is 138 Å². The number of carbonyl (C=O) groups excluding carboxylic acids is 1. The van der Waals surface area contributed by atoms with Gasteiger partial charge in [0.25, 0.3) is 0 Å². The molecular formula is C19H17BrO2. The van der Waals surface area contributed by atoms with Crippen LogP contribution in [-0.2, 0) is 9.53 Å². The highest BCUT2D eigenvalue weighted by molar-refractivity contribution is 9.10. The molecule has 0 aliphatic heterocycles. The molecule has 1 aliphatic carbocycles. The Morgan fingerprint density at radius 2 is 1.91 bits per heavy atom. The standard InChI is InChI=1S/C19H17BrO2/c1-12(2)19(21)22-10-9-17-14-5-3-4-6-15(14)18-11-13(20)7-8-16(17)18/h3-8,11,17H,1,9-10H2,2H3. The zero-order chi connectivity index (χ0) is 15.7. The van der Waals surface area contributed by atoms with Gasteiger partial charge in [-0.05, 0) is 47.7 Å². The van der Waals surface area contributed by atoms with Gasteiger partial charge < -0.3 is 4.74 Å². The third-order valence-electron chi connectivity index (χ3n) is 4.01. The number of fused-ring (bicyclic) bond motifs is 3. The molecule has 2 aromatic rings. The van der Waals surface area contributed by atoms with Crippen LogP contribution in [0, 0.1) is 0 Å². The first kappa shape index (κ1) is 15.0. The molecule has 0 aromatic heterocycles. The number of rotatable bonds is 4. The van der Waals surface area contributed by atoms with Crippen molar-refractivity contribution >= 4 is 21.9 Å². The summed E-state index contributed by atoms with van der Waals surface area (Å²) in [5.74, 6) is -0.0421. The Morgan fingerprint density at radius 3 is 2.68 bits per heavy atom. The molecule has 112 valence electrons. The van der Waals surface area contributed by atoms with Crippen LogP contribution >= 0.6 is 15.9 Å².